The van der Waals surface area contributed by atoms with Gasteiger partial charge in [0, 0.05) is 12.3 Å². The van der Waals surface area contributed by atoms with Crippen molar-refractivity contribution in [1.29, 1.82) is 0 Å². The number of rotatable bonds is 3. The molecule has 0 spiro atoms. The van der Waals surface area contributed by atoms with Crippen molar-refractivity contribution < 1.29 is 32.2 Å². The summed E-state index contributed by atoms with van der Waals surface area (Å²) in [6.07, 6.45) is -5.17. The Bertz CT molecular complexity index is 958. The van der Waals surface area contributed by atoms with Gasteiger partial charge in [0.1, 0.15) is 13.2 Å². The number of para-hydroxylation sites is 2. The molecule has 2 heterocycles. The third-order valence-electron chi connectivity index (χ3n) is 3.75. The van der Waals surface area contributed by atoms with Gasteiger partial charge >= 0.3 is 6.18 Å². The smallest absolute Gasteiger partial charge is 0.417 e. The van der Waals surface area contributed by atoms with E-state index in [0.717, 1.165) is 0 Å². The first kappa shape index (κ1) is 19.3. The maximum atomic E-state index is 12.7. The van der Waals surface area contributed by atoms with Crippen LogP contribution < -0.4 is 25.9 Å². The number of benzene rings is 1. The molecule has 0 saturated heterocycles. The van der Waals surface area contributed by atoms with Gasteiger partial charge in [-0.05, 0) is 18.2 Å². The van der Waals surface area contributed by atoms with Gasteiger partial charge in [0.2, 0.25) is 6.10 Å². The molecule has 3 rings (SSSR count). The second kappa shape index (κ2) is 7.62. The summed E-state index contributed by atoms with van der Waals surface area (Å²) in [5.41, 5.74) is 2.24. The van der Waals surface area contributed by atoms with Gasteiger partial charge < -0.3 is 14.0 Å². The summed E-state index contributed by atoms with van der Waals surface area (Å²) in [6.45, 7) is -0.806. The molecule has 8 nitrogen and oxygen atoms in total. The van der Waals surface area contributed by atoms with Gasteiger partial charge in [0.15, 0.2) is 11.5 Å². The number of carbonyl (C=O) groups is 2. The number of nitrogens with zero attached hydrogens (tertiary/aromatic N) is 1. The number of fused-ring (bicyclic) bond motifs is 1. The lowest BCUT2D eigenvalue weighted by Crippen LogP contribution is -2.51. The normalized spacial score (nSPS) is 15.6. The number of alkyl halides is 3. The fraction of sp³-hybridized carbons (Fsp3) is 0.235. The van der Waals surface area contributed by atoms with Gasteiger partial charge in [0.25, 0.3) is 17.4 Å². The quantitative estimate of drug-likeness (QED) is 0.749. The van der Waals surface area contributed by atoms with Crippen LogP contribution in [0.4, 0.5) is 13.2 Å². The zero-order valence-electron chi connectivity index (χ0n) is 14.2. The molecule has 0 saturated carbocycles. The van der Waals surface area contributed by atoms with E-state index in [-0.39, 0.29) is 6.61 Å². The molecule has 0 bridgehead atoms. The summed E-state index contributed by atoms with van der Waals surface area (Å²) in [7, 11) is 0. The van der Waals surface area contributed by atoms with Crippen molar-refractivity contribution >= 4 is 11.8 Å². The van der Waals surface area contributed by atoms with Crippen molar-refractivity contribution in [2.75, 3.05) is 6.61 Å². The first-order chi connectivity index (χ1) is 13.2. The Balaban J connectivity index is 1.56. The van der Waals surface area contributed by atoms with Crippen LogP contribution in [0.5, 0.6) is 11.5 Å². The third-order valence-corrected chi connectivity index (χ3v) is 3.75. The fourth-order valence-corrected chi connectivity index (χ4v) is 2.38. The van der Waals surface area contributed by atoms with Gasteiger partial charge in [-0.15, -0.1) is 0 Å². The largest absolute Gasteiger partial charge is 0.485 e. The molecule has 1 aliphatic heterocycles. The standard InChI is InChI=1S/C17H14F3N3O5/c18-17(19,20)10-5-6-15(25)23(7-10)8-14(24)21-22-16(26)13-9-27-11-3-1-2-4-12(11)28-13/h1-7,13H,8-9H2,(H,21,24)(H,22,26)/t13-/m1/s1. The van der Waals surface area contributed by atoms with Crippen LogP contribution in [0, 0.1) is 0 Å². The first-order valence-electron chi connectivity index (χ1n) is 7.99. The molecular formula is C17H14F3N3O5. The Morgan fingerprint density at radius 1 is 1.11 bits per heavy atom. The Labute approximate surface area is 155 Å². The molecule has 1 aromatic carbocycles. The molecule has 1 aliphatic rings. The lowest BCUT2D eigenvalue weighted by molar-refractivity contribution is -0.138. The molecule has 0 fully saturated rings. The fourth-order valence-electron chi connectivity index (χ4n) is 2.38. The van der Waals surface area contributed by atoms with Crippen molar-refractivity contribution in [3.05, 3.63) is 58.5 Å². The van der Waals surface area contributed by atoms with Crippen LogP contribution in [-0.2, 0) is 22.3 Å². The van der Waals surface area contributed by atoms with E-state index in [1.807, 2.05) is 5.43 Å². The average molecular weight is 397 g/mol. The molecule has 148 valence electrons. The highest BCUT2D eigenvalue weighted by molar-refractivity contribution is 5.85. The summed E-state index contributed by atoms with van der Waals surface area (Å²) in [5.74, 6) is -0.790. The van der Waals surface area contributed by atoms with Crippen LogP contribution in [0.3, 0.4) is 0 Å². The lowest BCUT2D eigenvalue weighted by atomic mass is 10.2. The van der Waals surface area contributed by atoms with Crippen molar-refractivity contribution in [2.45, 2.75) is 18.8 Å². The van der Waals surface area contributed by atoms with Crippen molar-refractivity contribution in [2.24, 2.45) is 0 Å². The van der Waals surface area contributed by atoms with E-state index < -0.39 is 41.8 Å². The first-order valence-corrected chi connectivity index (χ1v) is 7.99. The molecule has 1 atom stereocenters. The highest BCUT2D eigenvalue weighted by Crippen LogP contribution is 2.30. The van der Waals surface area contributed by atoms with Crippen molar-refractivity contribution in [3.8, 4) is 11.5 Å². The second-order valence-corrected chi connectivity index (χ2v) is 5.78. The number of hydrazine groups is 1. The van der Waals surface area contributed by atoms with E-state index in [1.165, 1.54) is 0 Å². The lowest BCUT2D eigenvalue weighted by Gasteiger charge is -2.25. The van der Waals surface area contributed by atoms with Crippen molar-refractivity contribution in [3.63, 3.8) is 0 Å². The van der Waals surface area contributed by atoms with Crippen LogP contribution in [0.15, 0.2) is 47.4 Å². The topological polar surface area (TPSA) is 98.7 Å². The maximum Gasteiger partial charge on any atom is 0.417 e. The molecule has 2 N–H and O–H groups in total. The Hall–Kier alpha value is -3.50. The molecule has 0 unspecified atom stereocenters. The maximum absolute atomic E-state index is 12.7. The zero-order chi connectivity index (χ0) is 20.3. The van der Waals surface area contributed by atoms with Gasteiger partial charge in [-0.25, -0.2) is 0 Å². The van der Waals surface area contributed by atoms with Crippen LogP contribution in [0.25, 0.3) is 0 Å². The Kier molecular flexibility index (Phi) is 5.25. The molecule has 2 aromatic rings. The molecule has 1 aromatic heterocycles. The molecule has 11 heteroatoms. The molecule has 0 radical (unpaired) electrons. The average Bonchev–Trinajstić information content (AvgIpc) is 2.66. The van der Waals surface area contributed by atoms with E-state index >= 15 is 0 Å². The summed E-state index contributed by atoms with van der Waals surface area (Å²) in [6, 6.07) is 8.02. The summed E-state index contributed by atoms with van der Waals surface area (Å²) >= 11 is 0. The summed E-state index contributed by atoms with van der Waals surface area (Å²) < 4.78 is 49.5. The van der Waals surface area contributed by atoms with Crippen LogP contribution in [0.2, 0.25) is 0 Å². The minimum Gasteiger partial charge on any atom is -0.485 e. The molecular weight excluding hydrogens is 383 g/mol. The van der Waals surface area contributed by atoms with E-state index in [9.17, 15) is 27.6 Å². The minimum atomic E-state index is -4.66. The number of ether oxygens (including phenoxy) is 2. The summed E-state index contributed by atoms with van der Waals surface area (Å²) in [4.78, 5) is 35.6. The monoisotopic (exact) mass is 397 g/mol. The van der Waals surface area contributed by atoms with Crippen LogP contribution in [0.1, 0.15) is 5.56 Å². The Morgan fingerprint density at radius 2 is 1.82 bits per heavy atom. The minimum absolute atomic E-state index is 0.0915. The number of pyridine rings is 1. The number of hydrogen-bond acceptors (Lipinski definition) is 5. The van der Waals surface area contributed by atoms with Gasteiger partial charge in [-0.3, -0.25) is 25.2 Å². The highest BCUT2D eigenvalue weighted by Gasteiger charge is 2.31. The number of hydrogen-bond donors (Lipinski definition) is 2. The van der Waals surface area contributed by atoms with Gasteiger partial charge in [-0.2, -0.15) is 13.2 Å². The second-order valence-electron chi connectivity index (χ2n) is 5.78. The van der Waals surface area contributed by atoms with E-state index in [2.05, 4.69) is 5.43 Å². The zero-order valence-corrected chi connectivity index (χ0v) is 14.2. The van der Waals surface area contributed by atoms with Crippen molar-refractivity contribution in [1.82, 2.24) is 15.4 Å². The number of amides is 2. The molecule has 2 amide bonds. The number of halogens is 3. The van der Waals surface area contributed by atoms with E-state index in [0.29, 0.717) is 34.4 Å². The number of carbonyl (C=O) groups excluding carboxylic acids is 2. The SMILES string of the molecule is O=C(Cn1cc(C(F)(F)F)ccc1=O)NNC(=O)[C@H]1COc2ccccc2O1. The third kappa shape index (κ3) is 4.42. The van der Waals surface area contributed by atoms with E-state index in [1.54, 1.807) is 24.3 Å². The van der Waals surface area contributed by atoms with Crippen LogP contribution >= 0.6 is 0 Å². The molecule has 0 aliphatic carbocycles. The highest BCUT2D eigenvalue weighted by atomic mass is 19.4. The predicted octanol–water partition coefficient (Wildman–Crippen LogP) is 0.854. The van der Waals surface area contributed by atoms with Gasteiger partial charge in [-0.1, -0.05) is 12.1 Å². The molecule has 28 heavy (non-hydrogen) atoms. The predicted molar refractivity (Wildman–Crippen MR) is 88.3 cm³/mol. The van der Waals surface area contributed by atoms with E-state index in [4.69, 9.17) is 9.47 Å². The number of nitrogens with one attached hydrogen (secondary N) is 2. The van der Waals surface area contributed by atoms with Gasteiger partial charge in [0.05, 0.1) is 5.56 Å². The summed E-state index contributed by atoms with van der Waals surface area (Å²) in [5, 5.41) is 0. The Morgan fingerprint density at radius 3 is 2.54 bits per heavy atom. The van der Waals surface area contributed by atoms with Crippen LogP contribution in [-0.4, -0.2) is 29.1 Å². The number of aromatic nitrogens is 1.